The zero-order valence-corrected chi connectivity index (χ0v) is 15.4. The molecule has 24 heavy (non-hydrogen) atoms. The van der Waals surface area contributed by atoms with E-state index < -0.39 is 0 Å². The first-order chi connectivity index (χ1) is 11.6. The number of aryl methyl sites for hydroxylation is 1. The molecule has 1 atom stereocenters. The number of para-hydroxylation sites is 1. The van der Waals surface area contributed by atoms with Crippen molar-refractivity contribution in [2.45, 2.75) is 37.4 Å². The summed E-state index contributed by atoms with van der Waals surface area (Å²) >= 11 is 3.02. The van der Waals surface area contributed by atoms with Crippen molar-refractivity contribution in [3.63, 3.8) is 0 Å². The highest BCUT2D eigenvalue weighted by molar-refractivity contribution is 8.01. The van der Waals surface area contributed by atoms with Crippen LogP contribution in [-0.4, -0.2) is 26.4 Å². The largest absolute Gasteiger partial charge is 0.283 e. The van der Waals surface area contributed by atoms with Gasteiger partial charge in [-0.2, -0.15) is 0 Å². The van der Waals surface area contributed by atoms with Crippen molar-refractivity contribution in [2.24, 2.45) is 5.92 Å². The average Bonchev–Trinajstić information content (AvgIpc) is 3.14. The van der Waals surface area contributed by atoms with E-state index in [-0.39, 0.29) is 5.91 Å². The second-order valence-electron chi connectivity index (χ2n) is 6.40. The van der Waals surface area contributed by atoms with Crippen LogP contribution in [-0.2, 0) is 12.8 Å². The predicted molar refractivity (Wildman–Crippen MR) is 99.1 cm³/mol. The summed E-state index contributed by atoms with van der Waals surface area (Å²) in [6, 6.07) is 8.30. The molecule has 0 bridgehead atoms. The minimum Gasteiger partial charge on any atom is -0.283 e. The Labute approximate surface area is 149 Å². The van der Waals surface area contributed by atoms with E-state index in [0.717, 1.165) is 34.1 Å². The van der Waals surface area contributed by atoms with Gasteiger partial charge in [-0.05, 0) is 43.7 Å². The van der Waals surface area contributed by atoms with Gasteiger partial charge in [0.2, 0.25) is 5.91 Å². The molecule has 0 amide bonds. The summed E-state index contributed by atoms with van der Waals surface area (Å²) in [4.78, 5) is 13.0. The van der Waals surface area contributed by atoms with Gasteiger partial charge in [0.25, 0.3) is 0 Å². The van der Waals surface area contributed by atoms with Crippen molar-refractivity contribution < 1.29 is 4.79 Å². The van der Waals surface area contributed by atoms with Crippen molar-refractivity contribution in [1.29, 1.82) is 0 Å². The lowest BCUT2D eigenvalue weighted by Gasteiger charge is -2.20. The van der Waals surface area contributed by atoms with E-state index in [2.05, 4.69) is 35.3 Å². The van der Waals surface area contributed by atoms with Crippen LogP contribution in [0.3, 0.4) is 0 Å². The van der Waals surface area contributed by atoms with Gasteiger partial charge in [-0.1, -0.05) is 48.2 Å². The van der Waals surface area contributed by atoms with Crippen LogP contribution in [0.1, 0.15) is 34.4 Å². The molecule has 124 valence electrons. The fourth-order valence-electron chi connectivity index (χ4n) is 3.49. The van der Waals surface area contributed by atoms with Gasteiger partial charge in [-0.25, -0.2) is 0 Å². The van der Waals surface area contributed by atoms with Crippen LogP contribution in [0, 0.1) is 12.8 Å². The molecule has 0 unspecified atom stereocenters. The third-order valence-corrected chi connectivity index (χ3v) is 6.55. The minimum absolute atomic E-state index is 0.139. The monoisotopic (exact) mass is 357 g/mol. The molecule has 3 aromatic rings. The van der Waals surface area contributed by atoms with Crippen molar-refractivity contribution >= 4 is 39.9 Å². The second kappa shape index (κ2) is 6.33. The molecule has 2 aromatic heterocycles. The van der Waals surface area contributed by atoms with E-state index in [9.17, 15) is 4.79 Å². The van der Waals surface area contributed by atoms with Gasteiger partial charge in [0.05, 0.1) is 11.3 Å². The molecule has 0 aliphatic heterocycles. The number of thioether (sulfide) groups is 1. The SMILES string of the molecule is Cc1nnc(SCC(=O)n2c3c(c4ccccc42)C[C@@H](C)CC3)s1. The Balaban J connectivity index is 1.69. The smallest absolute Gasteiger partial charge is 0.241 e. The molecule has 6 heteroatoms. The van der Waals surface area contributed by atoms with Gasteiger partial charge >= 0.3 is 0 Å². The summed E-state index contributed by atoms with van der Waals surface area (Å²) in [5.41, 5.74) is 3.64. The number of nitrogens with zero attached hydrogens (tertiary/aromatic N) is 3. The molecule has 0 radical (unpaired) electrons. The Morgan fingerprint density at radius 1 is 1.38 bits per heavy atom. The summed E-state index contributed by atoms with van der Waals surface area (Å²) in [6.07, 6.45) is 3.21. The number of rotatable bonds is 3. The molecule has 1 aliphatic rings. The maximum Gasteiger partial charge on any atom is 0.241 e. The summed E-state index contributed by atoms with van der Waals surface area (Å²) < 4.78 is 2.82. The van der Waals surface area contributed by atoms with Gasteiger partial charge in [0.15, 0.2) is 4.34 Å². The number of carbonyl (C=O) groups excluding carboxylic acids is 1. The van der Waals surface area contributed by atoms with E-state index >= 15 is 0 Å². The van der Waals surface area contributed by atoms with Crippen molar-refractivity contribution in [3.8, 4) is 0 Å². The topological polar surface area (TPSA) is 47.8 Å². The van der Waals surface area contributed by atoms with E-state index in [1.54, 1.807) is 0 Å². The first-order valence-corrected chi connectivity index (χ1v) is 10.0. The number of fused-ring (bicyclic) bond motifs is 3. The molecule has 4 rings (SSSR count). The van der Waals surface area contributed by atoms with E-state index in [4.69, 9.17) is 0 Å². The van der Waals surface area contributed by atoms with Gasteiger partial charge in [-0.3, -0.25) is 9.36 Å². The number of benzene rings is 1. The highest BCUT2D eigenvalue weighted by Crippen LogP contribution is 2.34. The number of hydrogen-bond acceptors (Lipinski definition) is 5. The summed E-state index contributed by atoms with van der Waals surface area (Å²) in [5.74, 6) is 1.22. The van der Waals surface area contributed by atoms with Gasteiger partial charge in [0, 0.05) is 11.1 Å². The molecular weight excluding hydrogens is 338 g/mol. The standard InChI is InChI=1S/C18H19N3OS2/c1-11-7-8-16-14(9-11)13-5-3-4-6-15(13)21(16)17(22)10-23-18-20-19-12(2)24-18/h3-6,11H,7-10H2,1-2H3/t11-/m0/s1. The molecule has 0 N–H and O–H groups in total. The quantitative estimate of drug-likeness (QED) is 0.654. The third kappa shape index (κ3) is 2.78. The van der Waals surface area contributed by atoms with Crippen molar-refractivity contribution in [1.82, 2.24) is 14.8 Å². The molecule has 4 nitrogen and oxygen atoms in total. The van der Waals surface area contributed by atoms with Crippen LogP contribution < -0.4 is 0 Å². The summed E-state index contributed by atoms with van der Waals surface area (Å²) in [5, 5.41) is 10.3. The lowest BCUT2D eigenvalue weighted by atomic mass is 9.88. The Bertz CT molecular complexity index is 912. The van der Waals surface area contributed by atoms with Gasteiger partial charge < -0.3 is 0 Å². The molecule has 1 aliphatic carbocycles. The summed E-state index contributed by atoms with van der Waals surface area (Å²) in [6.45, 7) is 4.23. The van der Waals surface area contributed by atoms with E-state index in [1.165, 1.54) is 39.7 Å². The molecule has 1 aromatic carbocycles. The fourth-order valence-corrected chi connectivity index (χ4v) is 5.16. The third-order valence-electron chi connectivity index (χ3n) is 4.59. The van der Waals surface area contributed by atoms with Crippen LogP contribution >= 0.6 is 23.1 Å². The highest BCUT2D eigenvalue weighted by Gasteiger charge is 2.25. The predicted octanol–water partition coefficient (Wildman–Crippen LogP) is 4.36. The number of hydrogen-bond donors (Lipinski definition) is 0. The van der Waals surface area contributed by atoms with Crippen LogP contribution in [0.25, 0.3) is 10.9 Å². The van der Waals surface area contributed by atoms with Gasteiger partial charge in [0.1, 0.15) is 5.01 Å². The maximum absolute atomic E-state index is 13.0. The molecule has 0 spiro atoms. The Hall–Kier alpha value is -1.66. The zero-order chi connectivity index (χ0) is 16.7. The Morgan fingerprint density at radius 2 is 2.21 bits per heavy atom. The molecule has 0 fully saturated rings. The molecular formula is C18H19N3OS2. The maximum atomic E-state index is 13.0. The fraction of sp³-hybridized carbons (Fsp3) is 0.389. The van der Waals surface area contributed by atoms with E-state index in [1.807, 2.05) is 17.6 Å². The Morgan fingerprint density at radius 3 is 3.00 bits per heavy atom. The van der Waals surface area contributed by atoms with Crippen LogP contribution in [0.5, 0.6) is 0 Å². The lowest BCUT2D eigenvalue weighted by Crippen LogP contribution is -2.20. The number of aromatic nitrogens is 3. The average molecular weight is 358 g/mol. The minimum atomic E-state index is 0.139. The Kier molecular flexibility index (Phi) is 4.18. The lowest BCUT2D eigenvalue weighted by molar-refractivity contribution is 0.0943. The first-order valence-electron chi connectivity index (χ1n) is 8.21. The highest BCUT2D eigenvalue weighted by atomic mass is 32.2. The van der Waals surface area contributed by atoms with Crippen LogP contribution in [0.4, 0.5) is 0 Å². The number of carbonyl (C=O) groups is 1. The molecule has 0 saturated heterocycles. The molecule has 0 saturated carbocycles. The van der Waals surface area contributed by atoms with Gasteiger partial charge in [-0.15, -0.1) is 10.2 Å². The normalized spacial score (nSPS) is 17.2. The first kappa shape index (κ1) is 15.8. The molecule has 2 heterocycles. The van der Waals surface area contributed by atoms with Crippen molar-refractivity contribution in [3.05, 3.63) is 40.5 Å². The second-order valence-corrected chi connectivity index (χ2v) is 8.80. The van der Waals surface area contributed by atoms with Crippen molar-refractivity contribution in [2.75, 3.05) is 5.75 Å². The van der Waals surface area contributed by atoms with Crippen LogP contribution in [0.15, 0.2) is 28.6 Å². The summed E-state index contributed by atoms with van der Waals surface area (Å²) in [7, 11) is 0. The van der Waals surface area contributed by atoms with E-state index in [0.29, 0.717) is 11.7 Å². The zero-order valence-electron chi connectivity index (χ0n) is 13.8. The van der Waals surface area contributed by atoms with Crippen LogP contribution in [0.2, 0.25) is 0 Å².